The Labute approximate surface area is 127 Å². The van der Waals surface area contributed by atoms with E-state index in [9.17, 15) is 9.59 Å². The predicted molar refractivity (Wildman–Crippen MR) is 80.2 cm³/mol. The van der Waals surface area contributed by atoms with Crippen LogP contribution < -0.4 is 10.1 Å². The number of amides is 1. The van der Waals surface area contributed by atoms with Gasteiger partial charge in [-0.25, -0.2) is 4.79 Å². The van der Waals surface area contributed by atoms with Crippen LogP contribution in [0.1, 0.15) is 23.0 Å². The molecule has 0 unspecified atom stereocenters. The number of ether oxygens (including phenoxy) is 1. The van der Waals surface area contributed by atoms with Crippen molar-refractivity contribution in [2.24, 2.45) is 0 Å². The van der Waals surface area contributed by atoms with Gasteiger partial charge in [-0.05, 0) is 26.0 Å². The minimum Gasteiger partial charge on any atom is -0.482 e. The summed E-state index contributed by atoms with van der Waals surface area (Å²) in [6, 6.07) is 6.57. The fraction of sp³-hybridized carbons (Fsp3) is 0.267. The van der Waals surface area contributed by atoms with E-state index >= 15 is 0 Å². The van der Waals surface area contributed by atoms with Crippen LogP contribution in [0.2, 0.25) is 0 Å². The first kappa shape index (κ1) is 15.6. The van der Waals surface area contributed by atoms with Crippen molar-refractivity contribution in [3.05, 3.63) is 41.7 Å². The van der Waals surface area contributed by atoms with E-state index < -0.39 is 12.6 Å². The van der Waals surface area contributed by atoms with Crippen LogP contribution in [0.4, 0.5) is 5.69 Å². The fourth-order valence-electron chi connectivity index (χ4n) is 1.91. The summed E-state index contributed by atoms with van der Waals surface area (Å²) in [7, 11) is 0. The lowest BCUT2D eigenvalue weighted by Crippen LogP contribution is -2.13. The van der Waals surface area contributed by atoms with Crippen molar-refractivity contribution in [2.75, 3.05) is 11.9 Å². The van der Waals surface area contributed by atoms with Crippen molar-refractivity contribution in [1.82, 2.24) is 9.78 Å². The van der Waals surface area contributed by atoms with Gasteiger partial charge < -0.3 is 15.2 Å². The van der Waals surface area contributed by atoms with Crippen molar-refractivity contribution < 1.29 is 19.4 Å². The number of aromatic nitrogens is 2. The van der Waals surface area contributed by atoms with Gasteiger partial charge >= 0.3 is 5.97 Å². The summed E-state index contributed by atoms with van der Waals surface area (Å²) in [4.78, 5) is 22.7. The highest BCUT2D eigenvalue weighted by atomic mass is 16.5. The minimum atomic E-state index is -1.06. The largest absolute Gasteiger partial charge is 0.482 e. The topological polar surface area (TPSA) is 93.5 Å². The lowest BCUT2D eigenvalue weighted by molar-refractivity contribution is -0.139. The summed E-state index contributed by atoms with van der Waals surface area (Å²) < 4.78 is 6.76. The van der Waals surface area contributed by atoms with Crippen LogP contribution in [0.25, 0.3) is 0 Å². The second-order valence-corrected chi connectivity index (χ2v) is 4.65. The van der Waals surface area contributed by atoms with Crippen LogP contribution in [-0.4, -0.2) is 33.4 Å². The van der Waals surface area contributed by atoms with E-state index in [1.807, 2.05) is 6.92 Å². The predicted octanol–water partition coefficient (Wildman–Crippen LogP) is 1.93. The Balaban J connectivity index is 2.09. The third-order valence-corrected chi connectivity index (χ3v) is 2.97. The number of hydrogen-bond donors (Lipinski definition) is 2. The number of anilines is 1. The molecule has 0 spiro atoms. The Hall–Kier alpha value is -2.83. The Kier molecular flexibility index (Phi) is 4.77. The summed E-state index contributed by atoms with van der Waals surface area (Å²) in [6.07, 6.45) is 1.69. The molecule has 0 saturated heterocycles. The first-order valence-corrected chi connectivity index (χ1v) is 6.79. The average Bonchev–Trinajstić information content (AvgIpc) is 2.87. The molecule has 0 fully saturated rings. The summed E-state index contributed by atoms with van der Waals surface area (Å²) >= 11 is 0. The van der Waals surface area contributed by atoms with Gasteiger partial charge in [0.2, 0.25) is 0 Å². The molecular weight excluding hydrogens is 286 g/mol. The summed E-state index contributed by atoms with van der Waals surface area (Å²) in [5, 5.41) is 15.6. The Bertz CT molecular complexity index is 694. The highest BCUT2D eigenvalue weighted by Crippen LogP contribution is 2.18. The molecule has 1 aromatic heterocycles. The van der Waals surface area contributed by atoms with Crippen LogP contribution in [0.15, 0.2) is 30.5 Å². The van der Waals surface area contributed by atoms with Gasteiger partial charge in [-0.2, -0.15) is 5.10 Å². The molecule has 2 rings (SSSR count). The van der Waals surface area contributed by atoms with Crippen molar-refractivity contribution in [3.8, 4) is 5.75 Å². The highest BCUT2D eigenvalue weighted by molar-refractivity contribution is 6.04. The highest BCUT2D eigenvalue weighted by Gasteiger charge is 2.13. The quantitative estimate of drug-likeness (QED) is 0.850. The van der Waals surface area contributed by atoms with E-state index in [-0.39, 0.29) is 5.91 Å². The van der Waals surface area contributed by atoms with Crippen molar-refractivity contribution in [1.29, 1.82) is 0 Å². The zero-order valence-electron chi connectivity index (χ0n) is 12.4. The molecule has 7 heteroatoms. The molecule has 0 atom stereocenters. The number of rotatable bonds is 6. The van der Waals surface area contributed by atoms with Gasteiger partial charge in [0.15, 0.2) is 6.61 Å². The monoisotopic (exact) mass is 303 g/mol. The van der Waals surface area contributed by atoms with E-state index in [0.717, 1.165) is 0 Å². The Morgan fingerprint density at radius 2 is 2.18 bits per heavy atom. The van der Waals surface area contributed by atoms with E-state index in [1.165, 1.54) is 0 Å². The van der Waals surface area contributed by atoms with Gasteiger partial charge in [0.25, 0.3) is 5.91 Å². The van der Waals surface area contributed by atoms with Crippen LogP contribution in [0.3, 0.4) is 0 Å². The average molecular weight is 303 g/mol. The maximum atomic E-state index is 12.2. The first-order valence-electron chi connectivity index (χ1n) is 6.79. The standard InChI is InChI=1S/C15H17N3O4/c1-3-18-8-13(10(2)17-18)15(21)16-11-5-4-6-12(7-11)22-9-14(19)20/h4-8H,3,9H2,1-2H3,(H,16,21)(H,19,20). The van der Waals surface area contributed by atoms with E-state index in [0.29, 0.717) is 29.2 Å². The second-order valence-electron chi connectivity index (χ2n) is 4.65. The number of aryl methyl sites for hydroxylation is 2. The van der Waals surface area contributed by atoms with Gasteiger partial charge in [-0.1, -0.05) is 6.07 Å². The molecule has 7 nitrogen and oxygen atoms in total. The third-order valence-electron chi connectivity index (χ3n) is 2.97. The molecule has 0 aliphatic rings. The number of aliphatic carboxylic acids is 1. The maximum Gasteiger partial charge on any atom is 0.341 e. The summed E-state index contributed by atoms with van der Waals surface area (Å²) in [5.74, 6) is -0.953. The van der Waals surface area contributed by atoms with Crippen LogP contribution in [0.5, 0.6) is 5.75 Å². The zero-order chi connectivity index (χ0) is 16.1. The lowest BCUT2D eigenvalue weighted by Gasteiger charge is -2.07. The maximum absolute atomic E-state index is 12.2. The molecular formula is C15H17N3O4. The van der Waals surface area contributed by atoms with Crippen LogP contribution >= 0.6 is 0 Å². The molecule has 116 valence electrons. The van der Waals surface area contributed by atoms with Crippen LogP contribution in [0, 0.1) is 6.92 Å². The number of nitrogens with one attached hydrogen (secondary N) is 1. The molecule has 1 heterocycles. The molecule has 1 amide bonds. The number of carbonyl (C=O) groups is 2. The molecule has 0 bridgehead atoms. The second kappa shape index (κ2) is 6.75. The third kappa shape index (κ3) is 3.85. The number of nitrogens with zero attached hydrogens (tertiary/aromatic N) is 2. The molecule has 0 aliphatic heterocycles. The minimum absolute atomic E-state index is 0.271. The van der Waals surface area contributed by atoms with Crippen molar-refractivity contribution >= 4 is 17.6 Å². The van der Waals surface area contributed by atoms with Crippen molar-refractivity contribution in [3.63, 3.8) is 0 Å². The van der Waals surface area contributed by atoms with Gasteiger partial charge in [0.05, 0.1) is 11.3 Å². The Morgan fingerprint density at radius 3 is 2.82 bits per heavy atom. The van der Waals surface area contributed by atoms with Gasteiger partial charge in [-0.15, -0.1) is 0 Å². The van der Waals surface area contributed by atoms with Gasteiger partial charge in [0, 0.05) is 24.5 Å². The fourth-order valence-corrected chi connectivity index (χ4v) is 1.91. The summed E-state index contributed by atoms with van der Waals surface area (Å²) in [6.45, 7) is 3.97. The van der Waals surface area contributed by atoms with Gasteiger partial charge in [-0.3, -0.25) is 9.48 Å². The van der Waals surface area contributed by atoms with E-state index in [2.05, 4.69) is 10.4 Å². The number of carboxylic acids is 1. The molecule has 0 radical (unpaired) electrons. The smallest absolute Gasteiger partial charge is 0.341 e. The number of hydrogen-bond acceptors (Lipinski definition) is 4. The molecule has 0 saturated carbocycles. The normalized spacial score (nSPS) is 10.3. The Morgan fingerprint density at radius 1 is 1.41 bits per heavy atom. The van der Waals surface area contributed by atoms with Gasteiger partial charge in [0.1, 0.15) is 5.75 Å². The van der Waals surface area contributed by atoms with Crippen molar-refractivity contribution in [2.45, 2.75) is 20.4 Å². The molecule has 1 aromatic carbocycles. The molecule has 2 N–H and O–H groups in total. The number of carbonyl (C=O) groups excluding carboxylic acids is 1. The van der Waals surface area contributed by atoms with E-state index in [4.69, 9.17) is 9.84 Å². The number of carboxylic acid groups (broad SMARTS) is 1. The van der Waals surface area contributed by atoms with Crippen LogP contribution in [-0.2, 0) is 11.3 Å². The summed E-state index contributed by atoms with van der Waals surface area (Å²) in [5.41, 5.74) is 1.67. The SMILES string of the molecule is CCn1cc(C(=O)Nc2cccc(OCC(=O)O)c2)c(C)n1. The molecule has 22 heavy (non-hydrogen) atoms. The first-order chi connectivity index (χ1) is 10.5. The molecule has 2 aromatic rings. The zero-order valence-corrected chi connectivity index (χ0v) is 12.4. The number of benzene rings is 1. The molecule has 0 aliphatic carbocycles. The van der Waals surface area contributed by atoms with E-state index in [1.54, 1.807) is 42.1 Å². The lowest BCUT2D eigenvalue weighted by atomic mass is 10.2.